The van der Waals surface area contributed by atoms with Crippen LogP contribution in [0.1, 0.15) is 76.6 Å². The lowest BCUT2D eigenvalue weighted by atomic mass is 9.93. The topological polar surface area (TPSA) is 133 Å². The van der Waals surface area contributed by atoms with E-state index in [1.165, 1.54) is 0 Å². The van der Waals surface area contributed by atoms with Crippen molar-refractivity contribution < 1.29 is 38.1 Å². The van der Waals surface area contributed by atoms with Crippen molar-refractivity contribution >= 4 is 35.0 Å². The number of hydrogen-bond acceptors (Lipinski definition) is 9. The van der Waals surface area contributed by atoms with Crippen molar-refractivity contribution in [2.45, 2.75) is 54.4 Å². The fourth-order valence-electron chi connectivity index (χ4n) is 5.55. The highest BCUT2D eigenvalue weighted by Gasteiger charge is 2.23. The molecular weight excluding hydrogens is 733 g/mol. The Labute approximate surface area is 342 Å². The number of nitriles is 1. The lowest BCUT2D eigenvalue weighted by molar-refractivity contribution is -0.149. The molecule has 302 valence electrons. The molecule has 0 fully saturated rings. The van der Waals surface area contributed by atoms with E-state index in [-0.39, 0.29) is 77.2 Å². The summed E-state index contributed by atoms with van der Waals surface area (Å²) in [6, 6.07) is 38.7. The van der Waals surface area contributed by atoms with Gasteiger partial charge in [-0.2, -0.15) is 5.26 Å². The average Bonchev–Trinajstić information content (AvgIpc) is 3.24. The average molecular weight is 785 g/mol. The SMILES string of the molecule is C.C.[C-]#[N+]C(C(=O)OCC(C)COC(=O)CCCCC(=O)OCC(C)COC(=O)C(C#N)=C(c1ccccc1)c1ccccc1)=C(c1ccccc1)c1ccccc1. The second-order valence-corrected chi connectivity index (χ2v) is 13.1. The Morgan fingerprint density at radius 2 is 0.879 bits per heavy atom. The minimum absolute atomic E-state index is 0. The van der Waals surface area contributed by atoms with Gasteiger partial charge in [0.2, 0.25) is 0 Å². The first kappa shape index (κ1) is 47.4. The molecule has 0 bridgehead atoms. The minimum Gasteiger partial charge on any atom is -0.470 e. The molecular formula is C48H52N2O8. The van der Waals surface area contributed by atoms with Gasteiger partial charge in [0.25, 0.3) is 5.70 Å². The Hall–Kier alpha value is -6.78. The molecule has 0 heterocycles. The molecule has 0 radical (unpaired) electrons. The molecule has 0 aromatic heterocycles. The van der Waals surface area contributed by atoms with Crippen LogP contribution >= 0.6 is 0 Å². The molecule has 0 N–H and O–H groups in total. The molecule has 0 saturated heterocycles. The van der Waals surface area contributed by atoms with Crippen LogP contribution in [0.2, 0.25) is 0 Å². The molecule has 58 heavy (non-hydrogen) atoms. The Morgan fingerprint density at radius 1 is 0.552 bits per heavy atom. The summed E-state index contributed by atoms with van der Waals surface area (Å²) in [6.45, 7) is 11.2. The largest absolute Gasteiger partial charge is 0.470 e. The standard InChI is InChI=1S/C46H44N2O8.2CH4/c1-33(31-55-45(51)39(28-47)42(35-18-8-4-9-19-35)36-20-10-5-11-21-36)29-53-40(49)26-16-17-27-41(50)54-30-34(2)32-56-46(52)44(48-3)43(37-22-12-6-13-23-37)38-24-14-7-15-25-38;;/h4-15,18-25,33-34H,16-17,26-27,29-32H2,1-2H3;2*1H4. The van der Waals surface area contributed by atoms with E-state index in [1.807, 2.05) is 127 Å². The van der Waals surface area contributed by atoms with Crippen molar-refractivity contribution in [1.29, 1.82) is 5.26 Å². The molecule has 4 rings (SSSR count). The van der Waals surface area contributed by atoms with Gasteiger partial charge < -0.3 is 18.9 Å². The molecule has 0 spiro atoms. The Balaban J connectivity index is 0.00000580. The fourth-order valence-corrected chi connectivity index (χ4v) is 5.55. The summed E-state index contributed by atoms with van der Waals surface area (Å²) < 4.78 is 21.6. The first-order valence-corrected chi connectivity index (χ1v) is 18.3. The number of unbranched alkanes of at least 4 members (excludes halogenated alkanes) is 1. The van der Waals surface area contributed by atoms with Crippen molar-refractivity contribution in [2.75, 3.05) is 26.4 Å². The molecule has 0 saturated carbocycles. The van der Waals surface area contributed by atoms with Gasteiger partial charge in [-0.05, 0) is 35.1 Å². The van der Waals surface area contributed by atoms with Crippen LogP contribution in [-0.4, -0.2) is 50.3 Å². The van der Waals surface area contributed by atoms with E-state index in [4.69, 9.17) is 25.5 Å². The molecule has 0 aliphatic rings. The van der Waals surface area contributed by atoms with Crippen molar-refractivity contribution in [3.05, 3.63) is 166 Å². The molecule has 0 aliphatic heterocycles. The fraction of sp³-hybridized carbons (Fsp3) is 0.292. The first-order valence-electron chi connectivity index (χ1n) is 18.3. The second kappa shape index (κ2) is 25.4. The zero-order chi connectivity index (χ0) is 40.1. The summed E-state index contributed by atoms with van der Waals surface area (Å²) in [5, 5.41) is 9.93. The zero-order valence-electron chi connectivity index (χ0n) is 31.5. The lowest BCUT2D eigenvalue weighted by Gasteiger charge is -2.15. The third-order valence-electron chi connectivity index (χ3n) is 8.43. The van der Waals surface area contributed by atoms with Gasteiger partial charge in [0, 0.05) is 35.8 Å². The second-order valence-electron chi connectivity index (χ2n) is 13.1. The number of hydrogen-bond donors (Lipinski definition) is 0. The number of nitrogens with zero attached hydrogens (tertiary/aromatic N) is 2. The highest BCUT2D eigenvalue weighted by Crippen LogP contribution is 2.29. The Bertz CT molecular complexity index is 1830. The number of ether oxygens (including phenoxy) is 4. The number of esters is 4. The minimum atomic E-state index is -0.765. The summed E-state index contributed by atoms with van der Waals surface area (Å²) in [4.78, 5) is 54.3. The van der Waals surface area contributed by atoms with E-state index < -0.39 is 23.9 Å². The lowest BCUT2D eigenvalue weighted by Crippen LogP contribution is -2.20. The maximum atomic E-state index is 13.1. The maximum absolute atomic E-state index is 13.1. The van der Waals surface area contributed by atoms with E-state index in [0.717, 1.165) is 0 Å². The van der Waals surface area contributed by atoms with Crippen molar-refractivity contribution in [3.8, 4) is 6.07 Å². The van der Waals surface area contributed by atoms with Gasteiger partial charge in [-0.25, -0.2) is 9.64 Å². The maximum Gasteiger partial charge on any atom is 0.349 e. The summed E-state index contributed by atoms with van der Waals surface area (Å²) in [6.07, 6.45) is 0.992. The third-order valence-corrected chi connectivity index (χ3v) is 8.43. The smallest absolute Gasteiger partial charge is 0.349 e. The van der Waals surface area contributed by atoms with E-state index in [1.54, 1.807) is 13.8 Å². The van der Waals surface area contributed by atoms with Gasteiger partial charge in [0.1, 0.15) is 11.6 Å². The molecule has 0 aliphatic carbocycles. The summed E-state index contributed by atoms with van der Waals surface area (Å²) in [5.41, 5.74) is 3.53. The van der Waals surface area contributed by atoms with Crippen LogP contribution in [0.5, 0.6) is 0 Å². The van der Waals surface area contributed by atoms with Gasteiger partial charge >= 0.3 is 23.9 Å². The molecule has 10 heteroatoms. The predicted molar refractivity (Wildman–Crippen MR) is 224 cm³/mol. The molecule has 4 aromatic rings. The van der Waals surface area contributed by atoms with Crippen LogP contribution in [0, 0.1) is 29.7 Å². The normalized spacial score (nSPS) is 11.0. The van der Waals surface area contributed by atoms with E-state index in [0.29, 0.717) is 46.2 Å². The van der Waals surface area contributed by atoms with E-state index in [2.05, 4.69) is 4.85 Å². The molecule has 0 amide bonds. The van der Waals surface area contributed by atoms with Crippen molar-refractivity contribution in [1.82, 2.24) is 0 Å². The van der Waals surface area contributed by atoms with Crippen LogP contribution in [0.25, 0.3) is 16.0 Å². The number of carbonyl (C=O) groups is 4. The molecule has 2 unspecified atom stereocenters. The molecule has 2 atom stereocenters. The van der Waals surface area contributed by atoms with Crippen molar-refractivity contribution in [3.63, 3.8) is 0 Å². The summed E-state index contributed by atoms with van der Waals surface area (Å²) in [5.74, 6) is -3.06. The number of carbonyl (C=O) groups excluding carboxylic acids is 4. The predicted octanol–water partition coefficient (Wildman–Crippen LogP) is 9.67. The van der Waals surface area contributed by atoms with Crippen LogP contribution in [-0.2, 0) is 38.1 Å². The van der Waals surface area contributed by atoms with Gasteiger partial charge in [0.15, 0.2) is 0 Å². The first-order chi connectivity index (χ1) is 27.2. The van der Waals surface area contributed by atoms with Gasteiger partial charge in [0.05, 0.1) is 33.0 Å². The summed E-state index contributed by atoms with van der Waals surface area (Å²) in [7, 11) is 0. The summed E-state index contributed by atoms with van der Waals surface area (Å²) >= 11 is 0. The monoisotopic (exact) mass is 784 g/mol. The van der Waals surface area contributed by atoms with Gasteiger partial charge in [-0.1, -0.05) is 150 Å². The highest BCUT2D eigenvalue weighted by molar-refractivity contribution is 6.05. The Morgan fingerprint density at radius 3 is 1.22 bits per heavy atom. The van der Waals surface area contributed by atoms with Crippen molar-refractivity contribution in [2.24, 2.45) is 11.8 Å². The van der Waals surface area contributed by atoms with E-state index in [9.17, 15) is 24.4 Å². The van der Waals surface area contributed by atoms with Gasteiger partial charge in [-0.15, -0.1) is 0 Å². The third kappa shape index (κ3) is 14.7. The molecule has 4 aromatic carbocycles. The Kier molecular flexibility index (Phi) is 20.7. The number of rotatable bonds is 19. The van der Waals surface area contributed by atoms with Gasteiger partial charge in [-0.3, -0.25) is 14.4 Å². The van der Waals surface area contributed by atoms with Crippen LogP contribution in [0.3, 0.4) is 0 Å². The quantitative estimate of drug-likeness (QED) is 0.0228. The van der Waals surface area contributed by atoms with Crippen LogP contribution < -0.4 is 0 Å². The van der Waals surface area contributed by atoms with Crippen LogP contribution in [0.4, 0.5) is 0 Å². The zero-order valence-corrected chi connectivity index (χ0v) is 31.5. The number of benzene rings is 4. The molecule has 10 nitrogen and oxygen atoms in total. The highest BCUT2D eigenvalue weighted by atomic mass is 16.6. The van der Waals surface area contributed by atoms with Crippen LogP contribution in [0.15, 0.2) is 133 Å². The van der Waals surface area contributed by atoms with E-state index >= 15 is 0 Å².